The molecule has 0 unspecified atom stereocenters. The number of pyridine rings is 1. The van der Waals surface area contributed by atoms with Crippen LogP contribution >= 0.6 is 0 Å². The third kappa shape index (κ3) is 6.70. The Morgan fingerprint density at radius 3 is 2.13 bits per heavy atom. The van der Waals surface area contributed by atoms with Crippen molar-refractivity contribution in [3.05, 3.63) is 59.0 Å². The molecule has 0 bridgehead atoms. The molecule has 254 valence electrons. The molecule has 2 aromatic heterocycles. The van der Waals surface area contributed by atoms with Crippen LogP contribution in [0.2, 0.25) is 0 Å². The smallest absolute Gasteiger partial charge is 0.418 e. The molecule has 4 rings (SSSR count). The summed E-state index contributed by atoms with van der Waals surface area (Å²) >= 11 is 0. The largest absolute Gasteiger partial charge is 0.493 e. The van der Waals surface area contributed by atoms with Gasteiger partial charge in [0.1, 0.15) is 4.90 Å². The monoisotopic (exact) mass is 711 g/mol. The van der Waals surface area contributed by atoms with Gasteiger partial charge in [-0.1, -0.05) is 17.7 Å². The lowest BCUT2D eigenvalue weighted by Gasteiger charge is -2.38. The highest BCUT2D eigenvalue weighted by Gasteiger charge is 2.60. The number of ether oxygens (including phenoxy) is 3. The van der Waals surface area contributed by atoms with Crippen LogP contribution < -0.4 is 14.2 Å². The molecule has 3 aromatic rings. The zero-order valence-corrected chi connectivity index (χ0v) is 24.9. The van der Waals surface area contributed by atoms with Gasteiger partial charge in [-0.05, 0) is 37.5 Å². The van der Waals surface area contributed by atoms with E-state index in [4.69, 9.17) is 4.74 Å². The lowest BCUT2D eigenvalue weighted by atomic mass is 9.83. The number of hydrogen-bond acceptors (Lipinski definition) is 8. The zero-order valence-electron chi connectivity index (χ0n) is 23.3. The number of nitrogens with one attached hydrogen (secondary N) is 1. The molecule has 0 spiro atoms. The molecule has 0 radical (unpaired) electrons. The van der Waals surface area contributed by atoms with E-state index in [9.17, 15) is 56.3 Å². The van der Waals surface area contributed by atoms with E-state index in [1.54, 1.807) is 11.6 Å². The molecule has 0 fully saturated rings. The fraction of sp³-hybridized carbons (Fsp3) is 0.400. The quantitative estimate of drug-likeness (QED) is 0.248. The molecule has 1 aliphatic rings. The van der Waals surface area contributed by atoms with E-state index in [1.807, 2.05) is 0 Å². The maximum absolute atomic E-state index is 14.2. The highest BCUT2D eigenvalue weighted by atomic mass is 32.2. The molecule has 46 heavy (non-hydrogen) atoms. The highest BCUT2D eigenvalue weighted by Crippen LogP contribution is 2.47. The van der Waals surface area contributed by atoms with Crippen LogP contribution in [0.1, 0.15) is 35.4 Å². The fourth-order valence-corrected chi connectivity index (χ4v) is 7.56. The molecule has 1 N–H and O–H groups in total. The van der Waals surface area contributed by atoms with Crippen LogP contribution in [0.25, 0.3) is 0 Å². The second-order valence-corrected chi connectivity index (χ2v) is 13.3. The molecule has 0 saturated heterocycles. The number of anilines is 1. The van der Waals surface area contributed by atoms with Crippen molar-refractivity contribution in [1.82, 2.24) is 8.96 Å². The summed E-state index contributed by atoms with van der Waals surface area (Å²) in [4.78, 5) is 1.82. The van der Waals surface area contributed by atoms with Crippen LogP contribution in [0.4, 0.5) is 45.3 Å². The van der Waals surface area contributed by atoms with Gasteiger partial charge in [0.2, 0.25) is 0 Å². The van der Waals surface area contributed by atoms with E-state index in [0.717, 1.165) is 19.2 Å². The van der Waals surface area contributed by atoms with Crippen LogP contribution in [0.5, 0.6) is 11.5 Å². The van der Waals surface area contributed by atoms with Crippen LogP contribution in [-0.4, -0.2) is 57.9 Å². The van der Waals surface area contributed by atoms with Crippen molar-refractivity contribution < 1.29 is 70.6 Å². The molecule has 0 saturated carbocycles. The van der Waals surface area contributed by atoms with Crippen molar-refractivity contribution in [2.24, 2.45) is 0 Å². The van der Waals surface area contributed by atoms with Crippen LogP contribution in [-0.2, 0) is 37.6 Å². The molecular formula is C25H22F9N3O7S2. The van der Waals surface area contributed by atoms with E-state index in [0.29, 0.717) is 17.8 Å². The molecule has 21 heteroatoms. The second-order valence-electron chi connectivity index (χ2n) is 9.79. The van der Waals surface area contributed by atoms with Gasteiger partial charge in [-0.15, -0.1) is 0 Å². The van der Waals surface area contributed by atoms with E-state index in [1.165, 1.54) is 12.1 Å². The standard InChI is InChI=1S/C25H22F9N3O7S2/c1-12-3-5-13(6-4-12)46(40,41)37-11-18(14-7-8-24(10-15(14)37,25(32,33)34)44-23(30)31)45(38,39)36-21-17(42-2)9-16(43-22(28)29)19(35-21)20(26)27/h3-6,9,11,20,22-23H,7-8,10H2,1-2H3,(H,35,36)/t24-/m1/s1. The SMILES string of the molecule is COc1cc(OC(F)F)c(C(F)F)nc1NS(=O)(=O)c1cn(S(=O)(=O)c2ccc(C)cc2)c2c1CC[C@](OC(F)F)(C(F)(F)F)C2. The Morgan fingerprint density at radius 1 is 0.978 bits per heavy atom. The third-order valence-corrected chi connectivity index (χ3v) is 10.0. The van der Waals surface area contributed by atoms with Crippen molar-refractivity contribution in [2.45, 2.75) is 67.4 Å². The number of nitrogens with zero attached hydrogens (tertiary/aromatic N) is 2. The minimum atomic E-state index is -5.48. The van der Waals surface area contributed by atoms with Gasteiger partial charge in [-0.2, -0.15) is 30.7 Å². The normalized spacial score (nSPS) is 17.4. The Balaban J connectivity index is 1.92. The maximum atomic E-state index is 14.2. The van der Waals surface area contributed by atoms with Crippen LogP contribution in [0, 0.1) is 6.92 Å². The molecule has 0 amide bonds. The van der Waals surface area contributed by atoms with Gasteiger partial charge in [-0.3, -0.25) is 4.72 Å². The van der Waals surface area contributed by atoms with Crippen molar-refractivity contribution in [2.75, 3.05) is 11.8 Å². The molecule has 1 aromatic carbocycles. The number of alkyl halides is 9. The van der Waals surface area contributed by atoms with E-state index in [2.05, 4.69) is 14.5 Å². The minimum absolute atomic E-state index is 0.185. The van der Waals surface area contributed by atoms with Crippen LogP contribution in [0.15, 0.2) is 46.3 Å². The molecule has 1 atom stereocenters. The topological polar surface area (TPSA) is 126 Å². The van der Waals surface area contributed by atoms with Crippen LogP contribution in [0.3, 0.4) is 0 Å². The second kappa shape index (κ2) is 12.5. The maximum Gasteiger partial charge on any atom is 0.418 e. The summed E-state index contributed by atoms with van der Waals surface area (Å²) in [5, 5.41) is 0. The number of hydrogen-bond donors (Lipinski definition) is 1. The summed E-state index contributed by atoms with van der Waals surface area (Å²) in [7, 11) is -9.18. The Bertz CT molecular complexity index is 1820. The first-order valence-corrected chi connectivity index (χ1v) is 15.6. The van der Waals surface area contributed by atoms with E-state index >= 15 is 0 Å². The number of benzene rings is 1. The summed E-state index contributed by atoms with van der Waals surface area (Å²) in [6.07, 6.45) is -12.4. The van der Waals surface area contributed by atoms with Gasteiger partial charge in [0.25, 0.3) is 26.5 Å². The van der Waals surface area contributed by atoms with E-state index in [-0.39, 0.29) is 3.97 Å². The van der Waals surface area contributed by atoms with Gasteiger partial charge in [0, 0.05) is 24.4 Å². The number of methoxy groups -OCH3 is 1. The first kappa shape index (κ1) is 35.1. The fourth-order valence-electron chi connectivity index (χ4n) is 4.77. The number of rotatable bonds is 11. The Hall–Kier alpha value is -3.72. The Labute approximate surface area is 255 Å². The predicted molar refractivity (Wildman–Crippen MR) is 139 cm³/mol. The number of aryl methyl sites for hydroxylation is 1. The number of sulfonamides is 1. The van der Waals surface area contributed by atoms with Gasteiger partial charge in [0.15, 0.2) is 28.6 Å². The molecule has 0 aliphatic heterocycles. The van der Waals surface area contributed by atoms with Gasteiger partial charge in [0.05, 0.1) is 12.0 Å². The highest BCUT2D eigenvalue weighted by molar-refractivity contribution is 7.93. The summed E-state index contributed by atoms with van der Waals surface area (Å²) in [5.41, 5.74) is -5.90. The van der Waals surface area contributed by atoms with Gasteiger partial charge < -0.3 is 14.2 Å². The van der Waals surface area contributed by atoms with Gasteiger partial charge >= 0.3 is 19.4 Å². The van der Waals surface area contributed by atoms with E-state index < -0.39 is 115 Å². The van der Waals surface area contributed by atoms with Crippen molar-refractivity contribution in [3.63, 3.8) is 0 Å². The number of fused-ring (bicyclic) bond motifs is 1. The lowest BCUT2D eigenvalue weighted by Crippen LogP contribution is -2.53. The molecular weight excluding hydrogens is 689 g/mol. The number of aromatic nitrogens is 2. The van der Waals surface area contributed by atoms with Gasteiger partial charge in [-0.25, -0.2) is 34.6 Å². The molecule has 2 heterocycles. The first-order valence-electron chi connectivity index (χ1n) is 12.6. The minimum Gasteiger partial charge on any atom is -0.493 e. The summed E-state index contributed by atoms with van der Waals surface area (Å²) in [6, 6.07) is 5.29. The predicted octanol–water partition coefficient (Wildman–Crippen LogP) is 5.81. The number of halogens is 9. The average molecular weight is 712 g/mol. The van der Waals surface area contributed by atoms with Crippen molar-refractivity contribution in [3.8, 4) is 11.5 Å². The summed E-state index contributed by atoms with van der Waals surface area (Å²) < 4.78 is 191. The Kier molecular flexibility index (Phi) is 9.53. The first-order chi connectivity index (χ1) is 21.2. The molecule has 10 nitrogen and oxygen atoms in total. The average Bonchev–Trinajstić information content (AvgIpc) is 3.33. The lowest BCUT2D eigenvalue weighted by molar-refractivity contribution is -0.330. The molecule has 1 aliphatic carbocycles. The summed E-state index contributed by atoms with van der Waals surface area (Å²) in [6.45, 7) is -5.95. The third-order valence-electron chi connectivity index (χ3n) is 6.93. The van der Waals surface area contributed by atoms with Crippen molar-refractivity contribution in [1.29, 1.82) is 0 Å². The summed E-state index contributed by atoms with van der Waals surface area (Å²) in [5.74, 6) is -2.89. The Morgan fingerprint density at radius 2 is 1.61 bits per heavy atom. The zero-order chi connectivity index (χ0) is 34.4. The van der Waals surface area contributed by atoms with Crippen molar-refractivity contribution >= 4 is 25.9 Å².